The van der Waals surface area contributed by atoms with Crippen LogP contribution in [0.3, 0.4) is 0 Å². The highest BCUT2D eigenvalue weighted by Gasteiger charge is 1.98. The van der Waals surface area contributed by atoms with Crippen LogP contribution in [-0.4, -0.2) is 16.7 Å². The molecule has 0 fully saturated rings. The van der Waals surface area contributed by atoms with Gasteiger partial charge in [0.15, 0.2) is 0 Å². The fourth-order valence-corrected chi connectivity index (χ4v) is 1.68. The van der Waals surface area contributed by atoms with Gasteiger partial charge in [0.25, 0.3) is 0 Å². The third kappa shape index (κ3) is 2.42. The lowest BCUT2D eigenvalue weighted by Gasteiger charge is -2.06. The summed E-state index contributed by atoms with van der Waals surface area (Å²) >= 11 is 0. The van der Waals surface area contributed by atoms with Crippen molar-refractivity contribution in [1.82, 2.24) is 9.55 Å². The van der Waals surface area contributed by atoms with Gasteiger partial charge in [0.05, 0.1) is 7.11 Å². The quantitative estimate of drug-likeness (QED) is 0.785. The van der Waals surface area contributed by atoms with E-state index < -0.39 is 0 Å². The number of hydrogen-bond donors (Lipinski definition) is 0. The molecule has 0 aliphatic rings. The van der Waals surface area contributed by atoms with Crippen LogP contribution in [0.2, 0.25) is 0 Å². The van der Waals surface area contributed by atoms with E-state index in [4.69, 9.17) is 4.74 Å². The van der Waals surface area contributed by atoms with Crippen molar-refractivity contribution >= 4 is 0 Å². The van der Waals surface area contributed by atoms with E-state index in [0.717, 1.165) is 24.5 Å². The van der Waals surface area contributed by atoms with Crippen molar-refractivity contribution in [3.05, 3.63) is 48.0 Å². The summed E-state index contributed by atoms with van der Waals surface area (Å²) in [4.78, 5) is 4.20. The normalized spacial score (nSPS) is 10.4. The standard InChI is InChI=1S/C13H16N2O/c1-11-14-8-10-15(11)9-7-12-3-5-13(16-2)6-4-12/h3-6,8,10H,7,9H2,1-2H3. The topological polar surface area (TPSA) is 27.1 Å². The molecule has 16 heavy (non-hydrogen) atoms. The van der Waals surface area contributed by atoms with Gasteiger partial charge in [-0.05, 0) is 31.0 Å². The minimum absolute atomic E-state index is 0.905. The van der Waals surface area contributed by atoms with Gasteiger partial charge < -0.3 is 9.30 Å². The Morgan fingerprint density at radius 3 is 2.56 bits per heavy atom. The Kier molecular flexibility index (Phi) is 3.25. The number of methoxy groups -OCH3 is 1. The Morgan fingerprint density at radius 1 is 1.25 bits per heavy atom. The Bertz CT molecular complexity index is 445. The highest BCUT2D eigenvalue weighted by molar-refractivity contribution is 5.27. The van der Waals surface area contributed by atoms with Gasteiger partial charge in [0.1, 0.15) is 11.6 Å². The number of ether oxygens (including phenoxy) is 1. The first-order chi connectivity index (χ1) is 7.79. The summed E-state index contributed by atoms with van der Waals surface area (Å²) in [6, 6.07) is 8.20. The molecule has 0 saturated carbocycles. The number of nitrogens with zero attached hydrogens (tertiary/aromatic N) is 2. The molecule has 3 heteroatoms. The van der Waals surface area contributed by atoms with E-state index in [1.807, 2.05) is 31.5 Å². The van der Waals surface area contributed by atoms with E-state index in [1.54, 1.807) is 7.11 Å². The van der Waals surface area contributed by atoms with Gasteiger partial charge in [-0.15, -0.1) is 0 Å². The minimum atomic E-state index is 0.905. The molecule has 0 unspecified atom stereocenters. The number of aromatic nitrogens is 2. The number of hydrogen-bond acceptors (Lipinski definition) is 2. The fraction of sp³-hybridized carbons (Fsp3) is 0.308. The first-order valence-electron chi connectivity index (χ1n) is 5.40. The maximum absolute atomic E-state index is 5.12. The van der Waals surface area contributed by atoms with Crippen LogP contribution < -0.4 is 4.74 Å². The van der Waals surface area contributed by atoms with Gasteiger partial charge in [-0.1, -0.05) is 12.1 Å². The molecule has 84 valence electrons. The van der Waals surface area contributed by atoms with Gasteiger partial charge in [-0.25, -0.2) is 4.98 Å². The van der Waals surface area contributed by atoms with Gasteiger partial charge >= 0.3 is 0 Å². The lowest BCUT2D eigenvalue weighted by molar-refractivity contribution is 0.414. The second-order valence-electron chi connectivity index (χ2n) is 3.77. The maximum atomic E-state index is 5.12. The zero-order valence-corrected chi connectivity index (χ0v) is 9.68. The molecule has 0 N–H and O–H groups in total. The molecule has 0 aliphatic heterocycles. The predicted octanol–water partition coefficient (Wildman–Crippen LogP) is 2.44. The van der Waals surface area contributed by atoms with E-state index in [0.29, 0.717) is 0 Å². The molecule has 0 atom stereocenters. The Labute approximate surface area is 95.7 Å². The second-order valence-corrected chi connectivity index (χ2v) is 3.77. The van der Waals surface area contributed by atoms with Crippen LogP contribution >= 0.6 is 0 Å². The minimum Gasteiger partial charge on any atom is -0.497 e. The van der Waals surface area contributed by atoms with Crippen LogP contribution in [0.4, 0.5) is 0 Å². The zero-order valence-electron chi connectivity index (χ0n) is 9.68. The molecule has 1 heterocycles. The predicted molar refractivity (Wildman–Crippen MR) is 63.7 cm³/mol. The Morgan fingerprint density at radius 2 is 2.00 bits per heavy atom. The number of aryl methyl sites for hydroxylation is 3. The SMILES string of the molecule is COc1ccc(CCn2ccnc2C)cc1. The van der Waals surface area contributed by atoms with Crippen molar-refractivity contribution in [3.8, 4) is 5.75 Å². The number of imidazole rings is 1. The molecule has 2 rings (SSSR count). The van der Waals surface area contributed by atoms with Crippen molar-refractivity contribution < 1.29 is 4.74 Å². The van der Waals surface area contributed by atoms with Gasteiger partial charge in [0.2, 0.25) is 0 Å². The molecule has 3 nitrogen and oxygen atoms in total. The monoisotopic (exact) mass is 216 g/mol. The van der Waals surface area contributed by atoms with Crippen molar-refractivity contribution in [2.75, 3.05) is 7.11 Å². The largest absolute Gasteiger partial charge is 0.497 e. The molecule has 1 aromatic heterocycles. The molecule has 2 aromatic rings. The van der Waals surface area contributed by atoms with Crippen LogP contribution in [0.5, 0.6) is 5.75 Å². The third-order valence-electron chi connectivity index (χ3n) is 2.72. The fourth-order valence-electron chi connectivity index (χ4n) is 1.68. The van der Waals surface area contributed by atoms with Gasteiger partial charge in [-0.2, -0.15) is 0 Å². The maximum Gasteiger partial charge on any atom is 0.118 e. The average molecular weight is 216 g/mol. The smallest absolute Gasteiger partial charge is 0.118 e. The molecular weight excluding hydrogens is 200 g/mol. The average Bonchev–Trinajstić information content (AvgIpc) is 2.73. The molecule has 1 aromatic carbocycles. The van der Waals surface area contributed by atoms with Crippen LogP contribution in [0.15, 0.2) is 36.7 Å². The van der Waals surface area contributed by atoms with Gasteiger partial charge in [0, 0.05) is 18.9 Å². The lowest BCUT2D eigenvalue weighted by atomic mass is 10.1. The Hall–Kier alpha value is -1.77. The second kappa shape index (κ2) is 4.84. The molecule has 0 saturated heterocycles. The molecule has 0 spiro atoms. The lowest BCUT2D eigenvalue weighted by Crippen LogP contribution is -2.02. The summed E-state index contributed by atoms with van der Waals surface area (Å²) in [6.45, 7) is 2.99. The summed E-state index contributed by atoms with van der Waals surface area (Å²) in [5.41, 5.74) is 1.31. The van der Waals surface area contributed by atoms with Crippen LogP contribution in [0.1, 0.15) is 11.4 Å². The molecule has 0 bridgehead atoms. The van der Waals surface area contributed by atoms with E-state index >= 15 is 0 Å². The number of benzene rings is 1. The van der Waals surface area contributed by atoms with Crippen molar-refractivity contribution in [3.63, 3.8) is 0 Å². The van der Waals surface area contributed by atoms with E-state index in [-0.39, 0.29) is 0 Å². The zero-order chi connectivity index (χ0) is 11.4. The van der Waals surface area contributed by atoms with E-state index in [9.17, 15) is 0 Å². The van der Waals surface area contributed by atoms with E-state index in [1.165, 1.54) is 5.56 Å². The first-order valence-corrected chi connectivity index (χ1v) is 5.40. The summed E-state index contributed by atoms with van der Waals surface area (Å²) in [5, 5.41) is 0. The summed E-state index contributed by atoms with van der Waals surface area (Å²) in [7, 11) is 1.68. The van der Waals surface area contributed by atoms with Crippen molar-refractivity contribution in [2.45, 2.75) is 19.9 Å². The van der Waals surface area contributed by atoms with E-state index in [2.05, 4.69) is 21.7 Å². The molecule has 0 radical (unpaired) electrons. The summed E-state index contributed by atoms with van der Waals surface area (Å²) < 4.78 is 7.28. The van der Waals surface area contributed by atoms with Crippen LogP contribution in [0.25, 0.3) is 0 Å². The molecular formula is C13H16N2O. The van der Waals surface area contributed by atoms with Gasteiger partial charge in [-0.3, -0.25) is 0 Å². The number of rotatable bonds is 4. The summed E-state index contributed by atoms with van der Waals surface area (Å²) in [5.74, 6) is 1.97. The highest BCUT2D eigenvalue weighted by Crippen LogP contribution is 2.12. The van der Waals surface area contributed by atoms with Crippen molar-refractivity contribution in [2.24, 2.45) is 0 Å². The highest BCUT2D eigenvalue weighted by atomic mass is 16.5. The molecule has 0 amide bonds. The third-order valence-corrected chi connectivity index (χ3v) is 2.72. The Balaban J connectivity index is 1.97. The summed E-state index contributed by atoms with van der Waals surface area (Å²) in [6.07, 6.45) is 4.86. The van der Waals surface area contributed by atoms with Crippen LogP contribution in [0, 0.1) is 6.92 Å². The molecule has 0 aliphatic carbocycles. The van der Waals surface area contributed by atoms with Crippen LogP contribution in [-0.2, 0) is 13.0 Å². The van der Waals surface area contributed by atoms with Crippen molar-refractivity contribution in [1.29, 1.82) is 0 Å². The first kappa shape index (κ1) is 10.7.